The lowest BCUT2D eigenvalue weighted by Crippen LogP contribution is -2.32. The number of anilines is 2. The fourth-order valence-corrected chi connectivity index (χ4v) is 2.19. The highest BCUT2D eigenvalue weighted by atomic mass is 16.6. The Hall–Kier alpha value is -3.09. The highest BCUT2D eigenvalue weighted by molar-refractivity contribution is 6.04. The largest absolute Gasteiger partial charge is 0.444 e. The van der Waals surface area contributed by atoms with Gasteiger partial charge in [0.05, 0.1) is 11.9 Å². The Morgan fingerprint density at radius 2 is 1.74 bits per heavy atom. The molecule has 1 aromatic carbocycles. The molecule has 27 heavy (non-hydrogen) atoms. The van der Waals surface area contributed by atoms with Gasteiger partial charge in [-0.3, -0.25) is 4.79 Å². The van der Waals surface area contributed by atoms with Gasteiger partial charge in [-0.15, -0.1) is 0 Å². The van der Waals surface area contributed by atoms with E-state index in [1.165, 1.54) is 0 Å². The van der Waals surface area contributed by atoms with Gasteiger partial charge in [0.2, 0.25) is 0 Å². The molecule has 1 aromatic heterocycles. The number of nitrogens with one attached hydrogen (secondary N) is 2. The van der Waals surface area contributed by atoms with E-state index in [0.717, 1.165) is 11.4 Å². The highest BCUT2D eigenvalue weighted by Gasteiger charge is 2.15. The minimum atomic E-state index is -0.536. The van der Waals surface area contributed by atoms with E-state index in [-0.39, 0.29) is 5.91 Å². The molecule has 0 atom stereocenters. The van der Waals surface area contributed by atoms with Crippen molar-refractivity contribution in [1.82, 2.24) is 10.3 Å². The first kappa shape index (κ1) is 20.2. The van der Waals surface area contributed by atoms with Crippen molar-refractivity contribution in [3.63, 3.8) is 0 Å². The van der Waals surface area contributed by atoms with E-state index in [1.54, 1.807) is 36.5 Å². The number of amides is 2. The van der Waals surface area contributed by atoms with Gasteiger partial charge in [-0.1, -0.05) is 12.1 Å². The Balaban J connectivity index is 1.90. The maximum absolute atomic E-state index is 12.3. The lowest BCUT2D eigenvalue weighted by molar-refractivity contribution is 0.0523. The molecule has 1 heterocycles. The first-order valence-corrected chi connectivity index (χ1v) is 8.64. The molecule has 0 spiro atoms. The van der Waals surface area contributed by atoms with Gasteiger partial charge in [-0.25, -0.2) is 9.78 Å². The van der Waals surface area contributed by atoms with E-state index in [1.807, 2.05) is 45.8 Å². The fourth-order valence-electron chi connectivity index (χ4n) is 2.19. The summed E-state index contributed by atoms with van der Waals surface area (Å²) in [5.41, 5.74) is 1.48. The van der Waals surface area contributed by atoms with E-state index in [2.05, 4.69) is 15.6 Å². The van der Waals surface area contributed by atoms with Crippen LogP contribution in [0.15, 0.2) is 42.6 Å². The second-order valence-corrected chi connectivity index (χ2v) is 7.31. The third kappa shape index (κ3) is 6.62. The minimum Gasteiger partial charge on any atom is -0.444 e. The molecule has 7 heteroatoms. The summed E-state index contributed by atoms with van der Waals surface area (Å²) in [5, 5.41) is 5.49. The summed E-state index contributed by atoms with van der Waals surface area (Å²) < 4.78 is 5.19. The third-order valence-corrected chi connectivity index (χ3v) is 3.52. The van der Waals surface area contributed by atoms with Crippen LogP contribution in [0.3, 0.4) is 0 Å². The number of nitrogens with zero attached hydrogens (tertiary/aromatic N) is 2. The Bertz CT molecular complexity index is 778. The maximum atomic E-state index is 12.3. The quantitative estimate of drug-likeness (QED) is 0.842. The van der Waals surface area contributed by atoms with Crippen LogP contribution in [0.25, 0.3) is 0 Å². The molecule has 0 aliphatic rings. The molecule has 2 rings (SSSR count). The van der Waals surface area contributed by atoms with E-state index >= 15 is 0 Å². The van der Waals surface area contributed by atoms with Crippen LogP contribution < -0.4 is 15.5 Å². The molecule has 2 amide bonds. The molecule has 0 aliphatic carbocycles. The number of carbonyl (C=O) groups excluding carboxylic acids is 2. The summed E-state index contributed by atoms with van der Waals surface area (Å²) in [6.07, 6.45) is 1.14. The van der Waals surface area contributed by atoms with E-state index in [9.17, 15) is 9.59 Å². The summed E-state index contributed by atoms with van der Waals surface area (Å²) in [6, 6.07) is 10.6. The molecular weight excluding hydrogens is 344 g/mol. The van der Waals surface area contributed by atoms with Crippen molar-refractivity contribution in [1.29, 1.82) is 0 Å². The van der Waals surface area contributed by atoms with Gasteiger partial charge in [-0.05, 0) is 50.6 Å². The second-order valence-electron chi connectivity index (χ2n) is 7.31. The fraction of sp³-hybridized carbons (Fsp3) is 0.350. The predicted octanol–water partition coefficient (Wildman–Crippen LogP) is 3.42. The number of hydrogen-bond acceptors (Lipinski definition) is 5. The summed E-state index contributed by atoms with van der Waals surface area (Å²) >= 11 is 0. The zero-order valence-corrected chi connectivity index (χ0v) is 16.4. The van der Waals surface area contributed by atoms with Crippen molar-refractivity contribution in [2.45, 2.75) is 32.9 Å². The molecule has 2 aromatic rings. The summed E-state index contributed by atoms with van der Waals surface area (Å²) in [6.45, 7) is 5.75. The van der Waals surface area contributed by atoms with Crippen LogP contribution in [0.2, 0.25) is 0 Å². The first-order valence-electron chi connectivity index (χ1n) is 8.64. The molecule has 0 unspecified atom stereocenters. The summed E-state index contributed by atoms with van der Waals surface area (Å²) in [5.74, 6) is 0.593. The van der Waals surface area contributed by atoms with Gasteiger partial charge in [0.1, 0.15) is 11.4 Å². The SMILES string of the molecule is CN(C)c1ccc(NC(=O)c2ccc(CNC(=O)OC(C)(C)C)cc2)cn1. The topological polar surface area (TPSA) is 83.6 Å². The zero-order chi connectivity index (χ0) is 20.0. The van der Waals surface area contributed by atoms with Crippen molar-refractivity contribution < 1.29 is 14.3 Å². The van der Waals surface area contributed by atoms with Gasteiger partial charge in [-0.2, -0.15) is 0 Å². The molecule has 0 fully saturated rings. The van der Waals surface area contributed by atoms with Crippen LogP contribution in [0.5, 0.6) is 0 Å². The van der Waals surface area contributed by atoms with Gasteiger partial charge >= 0.3 is 6.09 Å². The lowest BCUT2D eigenvalue weighted by atomic mass is 10.1. The van der Waals surface area contributed by atoms with E-state index in [0.29, 0.717) is 17.8 Å². The number of hydrogen-bond donors (Lipinski definition) is 2. The number of benzene rings is 1. The van der Waals surface area contributed by atoms with E-state index in [4.69, 9.17) is 4.74 Å². The molecule has 0 radical (unpaired) electrons. The number of alkyl carbamates (subject to hydrolysis) is 1. The molecule has 0 saturated heterocycles. The Labute approximate surface area is 159 Å². The Kier molecular flexibility index (Phi) is 6.39. The zero-order valence-electron chi connectivity index (χ0n) is 16.4. The first-order chi connectivity index (χ1) is 12.6. The molecule has 0 aliphatic heterocycles. The van der Waals surface area contributed by atoms with Gasteiger partial charge in [0, 0.05) is 26.2 Å². The van der Waals surface area contributed by atoms with Crippen molar-refractivity contribution in [2.75, 3.05) is 24.3 Å². The predicted molar refractivity (Wildman–Crippen MR) is 106 cm³/mol. The maximum Gasteiger partial charge on any atom is 0.407 e. The smallest absolute Gasteiger partial charge is 0.407 e. The molecule has 0 bridgehead atoms. The van der Waals surface area contributed by atoms with Crippen LogP contribution >= 0.6 is 0 Å². The minimum absolute atomic E-state index is 0.221. The summed E-state index contributed by atoms with van der Waals surface area (Å²) in [4.78, 5) is 30.1. The second kappa shape index (κ2) is 8.53. The van der Waals surface area contributed by atoms with Gasteiger partial charge in [0.25, 0.3) is 5.91 Å². The van der Waals surface area contributed by atoms with Crippen molar-refractivity contribution in [3.05, 3.63) is 53.7 Å². The third-order valence-electron chi connectivity index (χ3n) is 3.52. The van der Waals surface area contributed by atoms with Crippen molar-refractivity contribution >= 4 is 23.5 Å². The van der Waals surface area contributed by atoms with Crippen LogP contribution in [-0.2, 0) is 11.3 Å². The van der Waals surface area contributed by atoms with Crippen LogP contribution in [0, 0.1) is 0 Å². The Morgan fingerprint density at radius 3 is 2.26 bits per heavy atom. The lowest BCUT2D eigenvalue weighted by Gasteiger charge is -2.19. The number of ether oxygens (including phenoxy) is 1. The highest BCUT2D eigenvalue weighted by Crippen LogP contribution is 2.14. The number of pyridine rings is 1. The molecule has 144 valence electrons. The Morgan fingerprint density at radius 1 is 1.07 bits per heavy atom. The molecular formula is C20H26N4O3. The van der Waals surface area contributed by atoms with Crippen molar-refractivity contribution in [3.8, 4) is 0 Å². The normalized spacial score (nSPS) is 10.9. The van der Waals surface area contributed by atoms with Gasteiger partial charge in [0.15, 0.2) is 0 Å². The van der Waals surface area contributed by atoms with E-state index < -0.39 is 11.7 Å². The summed E-state index contributed by atoms with van der Waals surface area (Å²) in [7, 11) is 3.81. The molecule has 2 N–H and O–H groups in total. The monoisotopic (exact) mass is 370 g/mol. The standard InChI is InChI=1S/C20H26N4O3/c1-20(2,3)27-19(26)22-12-14-6-8-15(9-7-14)18(25)23-16-10-11-17(21-13-16)24(4)5/h6-11,13H,12H2,1-5H3,(H,22,26)(H,23,25). The van der Waals surface area contributed by atoms with Crippen LogP contribution in [0.4, 0.5) is 16.3 Å². The van der Waals surface area contributed by atoms with Gasteiger partial charge < -0.3 is 20.3 Å². The average molecular weight is 370 g/mol. The molecule has 0 saturated carbocycles. The number of carbonyl (C=O) groups is 2. The van der Waals surface area contributed by atoms with Crippen LogP contribution in [-0.4, -0.2) is 36.7 Å². The van der Waals surface area contributed by atoms with Crippen molar-refractivity contribution in [2.24, 2.45) is 0 Å². The van der Waals surface area contributed by atoms with Crippen LogP contribution in [0.1, 0.15) is 36.7 Å². The number of aromatic nitrogens is 1. The number of rotatable bonds is 5. The average Bonchev–Trinajstić information content (AvgIpc) is 2.59. The molecule has 7 nitrogen and oxygen atoms in total.